The van der Waals surface area contributed by atoms with Crippen LogP contribution in [0.1, 0.15) is 5.56 Å². The van der Waals surface area contributed by atoms with Crippen LogP contribution in [0, 0.1) is 11.3 Å². The van der Waals surface area contributed by atoms with Gasteiger partial charge >= 0.3 is 0 Å². The molecule has 0 saturated heterocycles. The van der Waals surface area contributed by atoms with Crippen molar-refractivity contribution < 1.29 is 4.42 Å². The van der Waals surface area contributed by atoms with Crippen LogP contribution in [0.15, 0.2) is 150 Å². The highest BCUT2D eigenvalue weighted by molar-refractivity contribution is 6.29. The van der Waals surface area contributed by atoms with Crippen LogP contribution in [0.3, 0.4) is 0 Å². The Hall–Kier alpha value is -6.37. The van der Waals surface area contributed by atoms with Crippen molar-refractivity contribution in [3.63, 3.8) is 0 Å². The smallest absolute Gasteiger partial charge is 0.160 e. The molecule has 3 nitrogen and oxygen atoms in total. The minimum Gasteiger partial charge on any atom is -0.454 e. The molecule has 0 radical (unpaired) electrons. The molecule has 0 unspecified atom stereocenters. The highest BCUT2D eigenvalue weighted by Crippen LogP contribution is 2.46. The van der Waals surface area contributed by atoms with Gasteiger partial charge in [-0.1, -0.05) is 91.0 Å². The zero-order chi connectivity index (χ0) is 30.4. The first kappa shape index (κ1) is 25.0. The molecule has 0 fully saturated rings. The molecule has 0 saturated carbocycles. The third kappa shape index (κ3) is 3.47. The molecule has 0 amide bonds. The molecule has 212 valence electrons. The van der Waals surface area contributed by atoms with Crippen LogP contribution in [0.25, 0.3) is 93.4 Å². The fraction of sp³-hybridized carbons (Fsp3) is 0. The Balaban J connectivity index is 1.29. The molecule has 3 heteroatoms. The maximum Gasteiger partial charge on any atom is 0.160 e. The van der Waals surface area contributed by atoms with E-state index in [0.29, 0.717) is 5.56 Å². The molecule has 10 aromatic rings. The van der Waals surface area contributed by atoms with Crippen LogP contribution in [0.4, 0.5) is 0 Å². The summed E-state index contributed by atoms with van der Waals surface area (Å²) in [4.78, 5) is 0. The zero-order valence-electron chi connectivity index (χ0n) is 24.7. The van der Waals surface area contributed by atoms with Crippen molar-refractivity contribution in [1.82, 2.24) is 4.40 Å². The number of nitriles is 1. The van der Waals surface area contributed by atoms with E-state index in [9.17, 15) is 5.26 Å². The number of para-hydroxylation sites is 1. The van der Waals surface area contributed by atoms with Crippen molar-refractivity contribution in [3.8, 4) is 39.4 Å². The van der Waals surface area contributed by atoms with Gasteiger partial charge in [0.05, 0.1) is 28.2 Å². The first-order chi connectivity index (χ1) is 22.7. The summed E-state index contributed by atoms with van der Waals surface area (Å²) in [5, 5.41) is 16.6. The molecule has 0 aliphatic heterocycles. The van der Waals surface area contributed by atoms with Gasteiger partial charge in [-0.15, -0.1) is 0 Å². The molecule has 10 rings (SSSR count). The molecule has 0 spiro atoms. The van der Waals surface area contributed by atoms with E-state index in [1.807, 2.05) is 24.3 Å². The number of furan rings is 1. The summed E-state index contributed by atoms with van der Waals surface area (Å²) in [5.74, 6) is 0. The molecule has 0 atom stereocenters. The number of aromatic nitrogens is 1. The van der Waals surface area contributed by atoms with Crippen molar-refractivity contribution in [3.05, 3.63) is 151 Å². The molecule has 3 heterocycles. The second-order valence-electron chi connectivity index (χ2n) is 12.1. The number of hydrogen-bond donors (Lipinski definition) is 0. The minimum atomic E-state index is 0.662. The molecule has 0 aliphatic rings. The Morgan fingerprint density at radius 3 is 1.91 bits per heavy atom. The molecule has 7 aromatic carbocycles. The SMILES string of the molecule is N#Cc1cccc(-c2cccc(-c3ccc4c(c3)c3cc(-c5ccccc5)cc5c6ccc7c8ccccc8oc7c6n4c35)c2)c1. The lowest BCUT2D eigenvalue weighted by atomic mass is 9.96. The summed E-state index contributed by atoms with van der Waals surface area (Å²) >= 11 is 0. The number of benzene rings is 7. The van der Waals surface area contributed by atoms with Gasteiger partial charge in [-0.05, 0) is 88.0 Å². The van der Waals surface area contributed by atoms with Crippen LogP contribution in [-0.4, -0.2) is 4.40 Å². The molecular weight excluding hydrogens is 560 g/mol. The lowest BCUT2D eigenvalue weighted by molar-refractivity contribution is 0.671. The summed E-state index contributed by atoms with van der Waals surface area (Å²) in [5.41, 5.74) is 12.8. The molecule has 0 aliphatic carbocycles. The maximum atomic E-state index is 9.45. The quantitative estimate of drug-likeness (QED) is 0.207. The van der Waals surface area contributed by atoms with Gasteiger partial charge in [0.1, 0.15) is 5.58 Å². The lowest BCUT2D eigenvalue weighted by Gasteiger charge is -2.08. The van der Waals surface area contributed by atoms with Crippen molar-refractivity contribution in [1.29, 1.82) is 5.26 Å². The minimum absolute atomic E-state index is 0.662. The summed E-state index contributed by atoms with van der Waals surface area (Å²) in [7, 11) is 0. The van der Waals surface area contributed by atoms with Gasteiger partial charge in [0, 0.05) is 32.3 Å². The maximum absolute atomic E-state index is 9.45. The van der Waals surface area contributed by atoms with Crippen LogP contribution in [0.5, 0.6) is 0 Å². The molecule has 46 heavy (non-hydrogen) atoms. The summed E-state index contributed by atoms with van der Waals surface area (Å²) in [6, 6.07) is 53.6. The van der Waals surface area contributed by atoms with Crippen LogP contribution < -0.4 is 0 Å². The predicted octanol–water partition coefficient (Wildman–Crippen LogP) is 11.6. The normalized spacial score (nSPS) is 11.9. The molecular formula is C43H24N2O. The Labute approximate surface area is 264 Å². The van der Waals surface area contributed by atoms with E-state index in [0.717, 1.165) is 55.2 Å². The first-order valence-corrected chi connectivity index (χ1v) is 15.5. The van der Waals surface area contributed by atoms with Gasteiger partial charge in [-0.2, -0.15) is 5.26 Å². The summed E-state index contributed by atoms with van der Waals surface area (Å²) < 4.78 is 9.03. The third-order valence-electron chi connectivity index (χ3n) is 9.52. The third-order valence-corrected chi connectivity index (χ3v) is 9.52. The van der Waals surface area contributed by atoms with E-state index in [1.54, 1.807) is 0 Å². The van der Waals surface area contributed by atoms with Crippen molar-refractivity contribution in [2.75, 3.05) is 0 Å². The van der Waals surface area contributed by atoms with Gasteiger partial charge in [0.25, 0.3) is 0 Å². The van der Waals surface area contributed by atoms with Gasteiger partial charge < -0.3 is 8.82 Å². The number of nitrogens with zero attached hydrogens (tertiary/aromatic N) is 2. The second-order valence-corrected chi connectivity index (χ2v) is 12.1. The topological polar surface area (TPSA) is 41.3 Å². The Morgan fingerprint density at radius 2 is 1.09 bits per heavy atom. The zero-order valence-corrected chi connectivity index (χ0v) is 24.7. The predicted molar refractivity (Wildman–Crippen MR) is 189 cm³/mol. The average molecular weight is 585 g/mol. The van der Waals surface area contributed by atoms with E-state index < -0.39 is 0 Å². The number of hydrogen-bond acceptors (Lipinski definition) is 2. The van der Waals surface area contributed by atoms with Gasteiger partial charge in [-0.25, -0.2) is 0 Å². The molecule has 0 N–H and O–H groups in total. The van der Waals surface area contributed by atoms with E-state index in [-0.39, 0.29) is 0 Å². The molecule has 3 aromatic heterocycles. The average Bonchev–Trinajstić information content (AvgIpc) is 3.78. The van der Waals surface area contributed by atoms with E-state index in [2.05, 4.69) is 132 Å². The van der Waals surface area contributed by atoms with E-state index in [4.69, 9.17) is 4.42 Å². The highest BCUT2D eigenvalue weighted by atomic mass is 16.3. The molecule has 0 bridgehead atoms. The van der Waals surface area contributed by atoms with Gasteiger partial charge in [0.2, 0.25) is 0 Å². The number of rotatable bonds is 3. The van der Waals surface area contributed by atoms with Crippen molar-refractivity contribution in [2.45, 2.75) is 0 Å². The van der Waals surface area contributed by atoms with Crippen LogP contribution in [-0.2, 0) is 0 Å². The Bertz CT molecular complexity index is 2870. The van der Waals surface area contributed by atoms with Gasteiger partial charge in [-0.3, -0.25) is 0 Å². The van der Waals surface area contributed by atoms with Crippen LogP contribution in [0.2, 0.25) is 0 Å². The fourth-order valence-corrected chi connectivity index (χ4v) is 7.42. The largest absolute Gasteiger partial charge is 0.454 e. The first-order valence-electron chi connectivity index (χ1n) is 15.5. The van der Waals surface area contributed by atoms with Crippen molar-refractivity contribution >= 4 is 60.0 Å². The number of fused-ring (bicyclic) bond motifs is 10. The fourth-order valence-electron chi connectivity index (χ4n) is 7.42. The lowest BCUT2D eigenvalue weighted by Crippen LogP contribution is -1.84. The summed E-state index contributed by atoms with van der Waals surface area (Å²) in [6.07, 6.45) is 0. The Kier molecular flexibility index (Phi) is 5.06. The summed E-state index contributed by atoms with van der Waals surface area (Å²) in [6.45, 7) is 0. The van der Waals surface area contributed by atoms with Gasteiger partial charge in [0.15, 0.2) is 5.58 Å². The monoisotopic (exact) mass is 584 g/mol. The van der Waals surface area contributed by atoms with E-state index in [1.165, 1.54) is 38.2 Å². The second kappa shape index (κ2) is 9.32. The standard InChI is InChI=1S/C43H24N2O/c44-25-26-8-6-11-28(20-26)29-12-7-13-30(21-29)31-16-19-39-36(22-31)38-24-32(27-9-2-1-3-10-27)23-37-34-17-18-35-33-14-4-5-15-40(33)46-43(35)42(34)45(39)41(37)38/h1-24H. The Morgan fingerprint density at radius 1 is 0.435 bits per heavy atom. The highest BCUT2D eigenvalue weighted by Gasteiger charge is 2.23. The van der Waals surface area contributed by atoms with E-state index >= 15 is 0 Å². The van der Waals surface area contributed by atoms with Crippen molar-refractivity contribution in [2.24, 2.45) is 0 Å². The van der Waals surface area contributed by atoms with Crippen LogP contribution >= 0.6 is 0 Å².